The lowest BCUT2D eigenvalue weighted by Gasteiger charge is -2.19. The van der Waals surface area contributed by atoms with E-state index in [0.29, 0.717) is 13.2 Å². The quantitative estimate of drug-likeness (QED) is 0.654. The lowest BCUT2D eigenvalue weighted by atomic mass is 10.1. The van der Waals surface area contributed by atoms with Crippen LogP contribution >= 0.6 is 0 Å². The van der Waals surface area contributed by atoms with Gasteiger partial charge in [0.2, 0.25) is 0 Å². The Balaban J connectivity index is 2.45. The topological polar surface area (TPSA) is 18.5 Å². The van der Waals surface area contributed by atoms with Crippen molar-refractivity contribution in [2.24, 2.45) is 0 Å². The molecule has 0 saturated carbocycles. The number of ether oxygens (including phenoxy) is 2. The highest BCUT2D eigenvalue weighted by Crippen LogP contribution is 2.34. The van der Waals surface area contributed by atoms with Crippen molar-refractivity contribution in [3.63, 3.8) is 0 Å². The zero-order valence-electron chi connectivity index (χ0n) is 7.62. The first-order valence-corrected chi connectivity index (χ1v) is 4.43. The molecule has 0 fully saturated rings. The van der Waals surface area contributed by atoms with Gasteiger partial charge in [-0.2, -0.15) is 0 Å². The van der Waals surface area contributed by atoms with Crippen LogP contribution in [0.4, 0.5) is 0 Å². The fourth-order valence-corrected chi connectivity index (χ4v) is 1.41. The summed E-state index contributed by atoms with van der Waals surface area (Å²) in [6.45, 7) is 3.27. The number of fused-ring (bicyclic) bond motifs is 1. The van der Waals surface area contributed by atoms with E-state index >= 15 is 0 Å². The van der Waals surface area contributed by atoms with Crippen LogP contribution in [-0.4, -0.2) is 13.2 Å². The van der Waals surface area contributed by atoms with Gasteiger partial charge >= 0.3 is 0 Å². The third kappa shape index (κ3) is 1.52. The summed E-state index contributed by atoms with van der Waals surface area (Å²) < 4.78 is 11.0. The molecule has 2 rings (SSSR count). The van der Waals surface area contributed by atoms with Crippen molar-refractivity contribution in [1.82, 2.24) is 0 Å². The number of hydrogen-bond acceptors (Lipinski definition) is 2. The molecule has 1 aliphatic heterocycles. The Labute approximate surface area is 77.8 Å². The van der Waals surface area contributed by atoms with Gasteiger partial charge in [0.1, 0.15) is 13.2 Å². The Morgan fingerprint density at radius 3 is 2.92 bits per heavy atom. The van der Waals surface area contributed by atoms with Crippen molar-refractivity contribution in [1.29, 1.82) is 0 Å². The Hall–Kier alpha value is -1.44. The molecule has 1 aromatic carbocycles. The van der Waals surface area contributed by atoms with Gasteiger partial charge in [-0.1, -0.05) is 24.3 Å². The summed E-state index contributed by atoms with van der Waals surface area (Å²) >= 11 is 0. The minimum atomic E-state index is 0.640. The smallest absolute Gasteiger partial charge is 0.168 e. The molecule has 0 N–H and O–H groups in total. The molecule has 0 spiro atoms. The number of benzene rings is 1. The van der Waals surface area contributed by atoms with Crippen molar-refractivity contribution in [2.45, 2.75) is 6.92 Å². The number of para-hydroxylation sites is 1. The van der Waals surface area contributed by atoms with E-state index in [-0.39, 0.29) is 0 Å². The average molecular weight is 176 g/mol. The average Bonchev–Trinajstić information content (AvgIpc) is 2.19. The van der Waals surface area contributed by atoms with E-state index in [1.165, 1.54) is 0 Å². The number of rotatable bonds is 1. The second-order valence-electron chi connectivity index (χ2n) is 2.87. The van der Waals surface area contributed by atoms with E-state index in [1.54, 1.807) is 0 Å². The molecule has 0 unspecified atom stereocenters. The maximum atomic E-state index is 5.53. The fourth-order valence-electron chi connectivity index (χ4n) is 1.41. The van der Waals surface area contributed by atoms with Gasteiger partial charge in [0.15, 0.2) is 11.5 Å². The van der Waals surface area contributed by atoms with E-state index in [0.717, 1.165) is 17.1 Å². The van der Waals surface area contributed by atoms with Crippen LogP contribution in [0.5, 0.6) is 11.5 Å². The maximum absolute atomic E-state index is 5.53. The van der Waals surface area contributed by atoms with Crippen LogP contribution in [0, 0.1) is 0 Å². The third-order valence-corrected chi connectivity index (χ3v) is 1.94. The summed E-state index contributed by atoms with van der Waals surface area (Å²) in [5.41, 5.74) is 1.08. The minimum Gasteiger partial charge on any atom is -0.486 e. The normalized spacial score (nSPS) is 14.8. The molecule has 0 atom stereocenters. The molecule has 0 aliphatic carbocycles. The largest absolute Gasteiger partial charge is 0.486 e. The second kappa shape index (κ2) is 3.52. The molecule has 68 valence electrons. The molecule has 0 radical (unpaired) electrons. The lowest BCUT2D eigenvalue weighted by molar-refractivity contribution is 0.171. The minimum absolute atomic E-state index is 0.640. The summed E-state index contributed by atoms with van der Waals surface area (Å²) in [4.78, 5) is 0. The van der Waals surface area contributed by atoms with Crippen LogP contribution in [-0.2, 0) is 0 Å². The molecular formula is C11H12O2. The Kier molecular flexibility index (Phi) is 2.21. The van der Waals surface area contributed by atoms with Crippen LogP contribution in [0.1, 0.15) is 12.5 Å². The molecule has 1 heterocycles. The summed E-state index contributed by atoms with van der Waals surface area (Å²) in [6.07, 6.45) is 4.01. The molecule has 1 aliphatic rings. The van der Waals surface area contributed by atoms with Crippen molar-refractivity contribution in [3.05, 3.63) is 29.8 Å². The standard InChI is InChI=1S/C11H12O2/c1-2-4-9-5-3-6-10-11(9)13-8-7-12-10/h2-6H,7-8H2,1H3/b4-2+. The van der Waals surface area contributed by atoms with Crippen molar-refractivity contribution in [2.75, 3.05) is 13.2 Å². The molecule has 1 aromatic rings. The molecule has 2 heteroatoms. The molecule has 0 aromatic heterocycles. The Morgan fingerprint density at radius 2 is 2.08 bits per heavy atom. The van der Waals surface area contributed by atoms with Crippen molar-refractivity contribution >= 4 is 6.08 Å². The predicted octanol–water partition coefficient (Wildman–Crippen LogP) is 2.49. The van der Waals surface area contributed by atoms with Gasteiger partial charge in [0.25, 0.3) is 0 Å². The number of allylic oxidation sites excluding steroid dienone is 1. The van der Waals surface area contributed by atoms with Gasteiger partial charge in [-0.15, -0.1) is 0 Å². The van der Waals surface area contributed by atoms with E-state index in [4.69, 9.17) is 9.47 Å². The predicted molar refractivity (Wildman–Crippen MR) is 52.1 cm³/mol. The highest BCUT2D eigenvalue weighted by Gasteiger charge is 2.13. The van der Waals surface area contributed by atoms with Gasteiger partial charge in [0.05, 0.1) is 0 Å². The molecular weight excluding hydrogens is 164 g/mol. The SMILES string of the molecule is C/C=C/c1cccc2c1OCCO2. The monoisotopic (exact) mass is 176 g/mol. The highest BCUT2D eigenvalue weighted by molar-refractivity contribution is 5.62. The first-order chi connectivity index (χ1) is 6.42. The molecule has 0 amide bonds. The molecule has 2 nitrogen and oxygen atoms in total. The lowest BCUT2D eigenvalue weighted by Crippen LogP contribution is -2.15. The zero-order chi connectivity index (χ0) is 9.10. The molecule has 0 saturated heterocycles. The maximum Gasteiger partial charge on any atom is 0.168 e. The van der Waals surface area contributed by atoms with Gasteiger partial charge in [-0.3, -0.25) is 0 Å². The van der Waals surface area contributed by atoms with Gasteiger partial charge < -0.3 is 9.47 Å². The molecule has 0 bridgehead atoms. The molecule has 13 heavy (non-hydrogen) atoms. The van der Waals surface area contributed by atoms with E-state index in [9.17, 15) is 0 Å². The van der Waals surface area contributed by atoms with Gasteiger partial charge in [-0.25, -0.2) is 0 Å². The summed E-state index contributed by atoms with van der Waals surface area (Å²) in [5.74, 6) is 1.72. The van der Waals surface area contributed by atoms with Crippen molar-refractivity contribution < 1.29 is 9.47 Å². The summed E-state index contributed by atoms with van der Waals surface area (Å²) in [6, 6.07) is 5.93. The van der Waals surface area contributed by atoms with E-state index in [1.807, 2.05) is 37.3 Å². The van der Waals surface area contributed by atoms with Crippen LogP contribution in [0.3, 0.4) is 0 Å². The fraction of sp³-hybridized carbons (Fsp3) is 0.273. The van der Waals surface area contributed by atoms with Crippen LogP contribution < -0.4 is 9.47 Å². The first-order valence-electron chi connectivity index (χ1n) is 4.43. The Bertz CT molecular complexity index is 329. The Morgan fingerprint density at radius 1 is 1.23 bits per heavy atom. The number of hydrogen-bond donors (Lipinski definition) is 0. The summed E-state index contributed by atoms with van der Waals surface area (Å²) in [7, 11) is 0. The summed E-state index contributed by atoms with van der Waals surface area (Å²) in [5, 5.41) is 0. The van der Waals surface area contributed by atoms with Gasteiger partial charge in [-0.05, 0) is 13.0 Å². The third-order valence-electron chi connectivity index (χ3n) is 1.94. The van der Waals surface area contributed by atoms with Crippen LogP contribution in [0.15, 0.2) is 24.3 Å². The van der Waals surface area contributed by atoms with Crippen LogP contribution in [0.25, 0.3) is 6.08 Å². The first kappa shape index (κ1) is 8.17. The van der Waals surface area contributed by atoms with Gasteiger partial charge in [0, 0.05) is 5.56 Å². The van der Waals surface area contributed by atoms with E-state index in [2.05, 4.69) is 0 Å². The van der Waals surface area contributed by atoms with E-state index < -0.39 is 0 Å². The van der Waals surface area contributed by atoms with Crippen molar-refractivity contribution in [3.8, 4) is 11.5 Å². The second-order valence-corrected chi connectivity index (χ2v) is 2.87. The highest BCUT2D eigenvalue weighted by atomic mass is 16.6. The zero-order valence-corrected chi connectivity index (χ0v) is 7.62. The van der Waals surface area contributed by atoms with Crippen LogP contribution in [0.2, 0.25) is 0 Å².